The molecule has 1 aliphatic heterocycles. The molecule has 0 unspecified atom stereocenters. The number of nitrogens with zero attached hydrogens (tertiary/aromatic N) is 3. The van der Waals surface area contributed by atoms with Crippen molar-refractivity contribution in [1.29, 1.82) is 0 Å². The van der Waals surface area contributed by atoms with Gasteiger partial charge in [-0.3, -0.25) is 0 Å². The maximum absolute atomic E-state index is 11.7. The Hall–Kier alpha value is -1.21. The number of anilines is 1. The van der Waals surface area contributed by atoms with Crippen LogP contribution < -0.4 is 5.32 Å². The van der Waals surface area contributed by atoms with Gasteiger partial charge in [0.2, 0.25) is 10.0 Å². The number of aryl methyl sites for hydroxylation is 2. The lowest BCUT2D eigenvalue weighted by atomic mass is 10.2. The largest absolute Gasteiger partial charge is 0.368 e. The van der Waals surface area contributed by atoms with E-state index < -0.39 is 10.0 Å². The van der Waals surface area contributed by atoms with E-state index in [1.54, 1.807) is 4.31 Å². The van der Waals surface area contributed by atoms with Crippen LogP contribution in [0.1, 0.15) is 31.3 Å². The molecule has 7 heteroatoms. The van der Waals surface area contributed by atoms with Crippen LogP contribution in [-0.2, 0) is 16.4 Å². The summed E-state index contributed by atoms with van der Waals surface area (Å²) in [5.74, 6) is 1.51. The maximum atomic E-state index is 11.7. The van der Waals surface area contributed by atoms with Crippen LogP contribution in [0.5, 0.6) is 0 Å². The molecule has 1 N–H and O–H groups in total. The summed E-state index contributed by atoms with van der Waals surface area (Å²) in [4.78, 5) is 8.67. The zero-order valence-corrected chi connectivity index (χ0v) is 13.1. The summed E-state index contributed by atoms with van der Waals surface area (Å²) >= 11 is 0. The number of rotatable bonds is 5. The van der Waals surface area contributed by atoms with Crippen molar-refractivity contribution in [3.05, 3.63) is 17.6 Å². The normalized spacial score (nSPS) is 20.2. The quantitative estimate of drug-likeness (QED) is 0.883. The topological polar surface area (TPSA) is 75.2 Å². The fourth-order valence-electron chi connectivity index (χ4n) is 2.57. The van der Waals surface area contributed by atoms with Crippen molar-refractivity contribution in [3.8, 4) is 0 Å². The molecule has 112 valence electrons. The van der Waals surface area contributed by atoms with E-state index in [9.17, 15) is 8.42 Å². The molecule has 1 aliphatic rings. The average molecular weight is 298 g/mol. The minimum Gasteiger partial charge on any atom is -0.368 e. The number of hydrogen-bond acceptors (Lipinski definition) is 5. The molecule has 0 radical (unpaired) electrons. The smallest absolute Gasteiger partial charge is 0.211 e. The van der Waals surface area contributed by atoms with Crippen LogP contribution in [0.15, 0.2) is 6.07 Å². The second-order valence-electron chi connectivity index (χ2n) is 5.20. The Bertz CT molecular complexity index is 574. The van der Waals surface area contributed by atoms with Crippen molar-refractivity contribution in [2.24, 2.45) is 0 Å². The van der Waals surface area contributed by atoms with E-state index in [1.165, 1.54) is 6.26 Å². The number of sulfonamides is 1. The zero-order chi connectivity index (χ0) is 14.8. The second-order valence-corrected chi connectivity index (χ2v) is 7.13. The highest BCUT2D eigenvalue weighted by molar-refractivity contribution is 7.88. The number of nitrogens with one attached hydrogen (secondary N) is 1. The molecule has 1 atom stereocenters. The van der Waals surface area contributed by atoms with Gasteiger partial charge in [-0.15, -0.1) is 0 Å². The van der Waals surface area contributed by atoms with Gasteiger partial charge in [0, 0.05) is 30.9 Å². The molecule has 20 heavy (non-hydrogen) atoms. The molecule has 1 fully saturated rings. The first-order chi connectivity index (χ1) is 9.40. The van der Waals surface area contributed by atoms with E-state index in [1.807, 2.05) is 19.9 Å². The molecule has 2 rings (SSSR count). The van der Waals surface area contributed by atoms with Crippen molar-refractivity contribution in [3.63, 3.8) is 0 Å². The van der Waals surface area contributed by atoms with E-state index in [4.69, 9.17) is 0 Å². The Morgan fingerprint density at radius 3 is 2.85 bits per heavy atom. The molecule has 0 aliphatic carbocycles. The van der Waals surface area contributed by atoms with E-state index in [2.05, 4.69) is 15.3 Å². The summed E-state index contributed by atoms with van der Waals surface area (Å²) in [5.41, 5.74) is 0.992. The third-order valence-electron chi connectivity index (χ3n) is 3.52. The van der Waals surface area contributed by atoms with Gasteiger partial charge in [-0.2, -0.15) is 4.31 Å². The molecular formula is C13H22N4O2S. The van der Waals surface area contributed by atoms with Crippen LogP contribution in [0.25, 0.3) is 0 Å². The van der Waals surface area contributed by atoms with Crippen LogP contribution in [0.4, 0.5) is 5.82 Å². The van der Waals surface area contributed by atoms with Crippen LogP contribution in [-0.4, -0.2) is 48.1 Å². The summed E-state index contributed by atoms with van der Waals surface area (Å²) in [6, 6.07) is 1.94. The highest BCUT2D eigenvalue weighted by Crippen LogP contribution is 2.20. The minimum atomic E-state index is -3.12. The average Bonchev–Trinajstić information content (AvgIpc) is 2.84. The molecule has 0 aromatic carbocycles. The summed E-state index contributed by atoms with van der Waals surface area (Å²) in [6.07, 6.45) is 3.94. The number of aromatic nitrogens is 2. The van der Waals surface area contributed by atoms with Crippen LogP contribution >= 0.6 is 0 Å². The summed E-state index contributed by atoms with van der Waals surface area (Å²) in [7, 11) is -3.12. The van der Waals surface area contributed by atoms with Crippen molar-refractivity contribution >= 4 is 15.8 Å². The predicted molar refractivity (Wildman–Crippen MR) is 79.2 cm³/mol. The van der Waals surface area contributed by atoms with E-state index in [0.29, 0.717) is 13.1 Å². The Balaban J connectivity index is 2.03. The standard InChI is InChI=1S/C13H22N4O2S/c1-4-11-8-13(16-10(2)15-11)14-9-12-6-5-7-17(12)20(3,18)19/h8,12H,4-7,9H2,1-3H3,(H,14,15,16)/t12-/m1/s1. The summed E-state index contributed by atoms with van der Waals surface area (Å²) < 4.78 is 24.9. The fraction of sp³-hybridized carbons (Fsp3) is 0.692. The number of hydrogen-bond donors (Lipinski definition) is 1. The molecule has 2 heterocycles. The monoisotopic (exact) mass is 298 g/mol. The van der Waals surface area contributed by atoms with Gasteiger partial charge in [-0.25, -0.2) is 18.4 Å². The van der Waals surface area contributed by atoms with Crippen LogP contribution in [0.3, 0.4) is 0 Å². The molecule has 6 nitrogen and oxygen atoms in total. The van der Waals surface area contributed by atoms with Gasteiger partial charge < -0.3 is 5.32 Å². The Labute approximate surface area is 120 Å². The van der Waals surface area contributed by atoms with Gasteiger partial charge in [0.05, 0.1) is 6.26 Å². The van der Waals surface area contributed by atoms with Crippen molar-refractivity contribution in [2.75, 3.05) is 24.7 Å². The fourth-order valence-corrected chi connectivity index (χ4v) is 3.76. The second kappa shape index (κ2) is 6.05. The Morgan fingerprint density at radius 2 is 2.20 bits per heavy atom. The Morgan fingerprint density at radius 1 is 1.45 bits per heavy atom. The summed E-state index contributed by atoms with van der Waals surface area (Å²) in [6.45, 7) is 5.12. The molecular weight excluding hydrogens is 276 g/mol. The van der Waals surface area contributed by atoms with Gasteiger partial charge in [0.25, 0.3) is 0 Å². The first-order valence-corrected chi connectivity index (χ1v) is 8.80. The van der Waals surface area contributed by atoms with E-state index in [0.717, 1.165) is 36.6 Å². The predicted octanol–water partition coefficient (Wildman–Crippen LogP) is 1.18. The van der Waals surface area contributed by atoms with Gasteiger partial charge in [0.1, 0.15) is 11.6 Å². The lowest BCUT2D eigenvalue weighted by Crippen LogP contribution is -2.38. The zero-order valence-electron chi connectivity index (χ0n) is 12.3. The minimum absolute atomic E-state index is 0.0188. The summed E-state index contributed by atoms with van der Waals surface area (Å²) in [5, 5.41) is 3.25. The molecule has 0 saturated carbocycles. The first kappa shape index (κ1) is 15.2. The molecule has 0 spiro atoms. The van der Waals surface area contributed by atoms with Crippen molar-refractivity contribution in [2.45, 2.75) is 39.2 Å². The van der Waals surface area contributed by atoms with Gasteiger partial charge in [-0.1, -0.05) is 6.92 Å². The molecule has 1 saturated heterocycles. The third-order valence-corrected chi connectivity index (χ3v) is 4.85. The first-order valence-electron chi connectivity index (χ1n) is 6.95. The maximum Gasteiger partial charge on any atom is 0.211 e. The lowest BCUT2D eigenvalue weighted by molar-refractivity contribution is 0.402. The van der Waals surface area contributed by atoms with Gasteiger partial charge in [0.15, 0.2) is 0 Å². The highest BCUT2D eigenvalue weighted by Gasteiger charge is 2.31. The molecule has 1 aromatic heterocycles. The highest BCUT2D eigenvalue weighted by atomic mass is 32.2. The molecule has 0 bridgehead atoms. The third kappa shape index (κ3) is 3.67. The molecule has 0 amide bonds. The van der Waals surface area contributed by atoms with Crippen molar-refractivity contribution < 1.29 is 8.42 Å². The van der Waals surface area contributed by atoms with E-state index >= 15 is 0 Å². The van der Waals surface area contributed by atoms with Gasteiger partial charge in [-0.05, 0) is 26.2 Å². The van der Waals surface area contributed by atoms with E-state index in [-0.39, 0.29) is 6.04 Å². The van der Waals surface area contributed by atoms with Crippen molar-refractivity contribution in [1.82, 2.24) is 14.3 Å². The van der Waals surface area contributed by atoms with Crippen LogP contribution in [0, 0.1) is 6.92 Å². The Kier molecular flexibility index (Phi) is 4.59. The molecule has 1 aromatic rings. The van der Waals surface area contributed by atoms with Crippen LogP contribution in [0.2, 0.25) is 0 Å². The SMILES string of the molecule is CCc1cc(NC[C@H]2CCCN2S(C)(=O)=O)nc(C)n1. The lowest BCUT2D eigenvalue weighted by Gasteiger charge is -2.22. The van der Waals surface area contributed by atoms with Gasteiger partial charge >= 0.3 is 0 Å².